The van der Waals surface area contributed by atoms with Gasteiger partial charge < -0.3 is 10.4 Å². The maximum Gasteiger partial charge on any atom is 0.276 e. The lowest BCUT2D eigenvalue weighted by Gasteiger charge is -2.34. The molecule has 8 heteroatoms. The van der Waals surface area contributed by atoms with Crippen LogP contribution < -0.4 is 5.32 Å². The quantitative estimate of drug-likeness (QED) is 0.549. The number of aliphatic hydroxyl groups is 1. The molecule has 0 spiro atoms. The Morgan fingerprint density at radius 3 is 2.75 bits per heavy atom. The summed E-state index contributed by atoms with van der Waals surface area (Å²) in [4.78, 5) is 12.8. The van der Waals surface area contributed by atoms with Crippen molar-refractivity contribution in [2.24, 2.45) is 0 Å². The van der Waals surface area contributed by atoms with Crippen molar-refractivity contribution in [1.29, 1.82) is 0 Å². The molecule has 2 N–H and O–H groups in total. The summed E-state index contributed by atoms with van der Waals surface area (Å²) in [5, 5.41) is 23.7. The monoisotopic (exact) mass is 391 g/mol. The van der Waals surface area contributed by atoms with Crippen LogP contribution in [0.4, 0.5) is 20.2 Å². The first kappa shape index (κ1) is 20.2. The first-order valence-corrected chi connectivity index (χ1v) is 9.21. The molecule has 0 radical (unpaired) electrons. The van der Waals surface area contributed by atoms with Gasteiger partial charge in [0.05, 0.1) is 17.1 Å². The molecule has 0 saturated carbocycles. The lowest BCUT2D eigenvalue weighted by molar-refractivity contribution is -0.385. The Morgan fingerprint density at radius 1 is 1.25 bits per heavy atom. The molecule has 1 aliphatic heterocycles. The number of benzene rings is 2. The van der Waals surface area contributed by atoms with Gasteiger partial charge in [-0.05, 0) is 37.1 Å². The average molecular weight is 391 g/mol. The van der Waals surface area contributed by atoms with Gasteiger partial charge in [0.15, 0.2) is 0 Å². The molecular weight excluding hydrogens is 368 g/mol. The van der Waals surface area contributed by atoms with Gasteiger partial charge in [0, 0.05) is 36.4 Å². The standard InChI is InChI=1S/C20H23F2N3O3/c21-20(22)18-6-2-1-4-14(18)11-24-9-3-5-17(12-24)23-16-8-7-15(13-26)19(10-16)25(27)28/h1-2,4,6-8,10,17,20,23,26H,3,5,9,11-13H2/t17-/m1/s1. The SMILES string of the molecule is O=[N+]([O-])c1cc(N[C@@H]2CCCN(Cc3ccccc3C(F)F)C2)ccc1CO. The fraction of sp³-hybridized carbons (Fsp3) is 0.400. The van der Waals surface area contributed by atoms with Crippen LogP contribution in [0.2, 0.25) is 0 Å². The summed E-state index contributed by atoms with van der Waals surface area (Å²) in [6.07, 6.45) is -0.700. The Morgan fingerprint density at radius 2 is 2.04 bits per heavy atom. The highest BCUT2D eigenvalue weighted by Crippen LogP contribution is 2.27. The molecule has 0 amide bonds. The van der Waals surface area contributed by atoms with Gasteiger partial charge in [-0.25, -0.2) is 8.78 Å². The normalized spacial score (nSPS) is 17.6. The van der Waals surface area contributed by atoms with Gasteiger partial charge in [-0.15, -0.1) is 0 Å². The van der Waals surface area contributed by atoms with E-state index in [-0.39, 0.29) is 22.9 Å². The smallest absolute Gasteiger partial charge is 0.276 e. The van der Waals surface area contributed by atoms with Crippen LogP contribution in [0, 0.1) is 10.1 Å². The number of hydrogen-bond donors (Lipinski definition) is 2. The molecule has 0 bridgehead atoms. The van der Waals surface area contributed by atoms with Crippen molar-refractivity contribution in [3.8, 4) is 0 Å². The van der Waals surface area contributed by atoms with Crippen molar-refractivity contribution in [2.75, 3.05) is 18.4 Å². The molecule has 0 aromatic heterocycles. The molecule has 3 rings (SSSR count). The summed E-state index contributed by atoms with van der Waals surface area (Å²) >= 11 is 0. The Balaban J connectivity index is 1.67. The molecule has 1 aliphatic rings. The number of nitrogens with zero attached hydrogens (tertiary/aromatic N) is 2. The molecule has 150 valence electrons. The van der Waals surface area contributed by atoms with E-state index in [0.717, 1.165) is 19.4 Å². The first-order valence-electron chi connectivity index (χ1n) is 9.21. The van der Waals surface area contributed by atoms with Crippen molar-refractivity contribution >= 4 is 11.4 Å². The van der Waals surface area contributed by atoms with E-state index in [2.05, 4.69) is 10.2 Å². The number of anilines is 1. The first-order chi connectivity index (χ1) is 13.5. The largest absolute Gasteiger partial charge is 0.391 e. The Kier molecular flexibility index (Phi) is 6.53. The Labute approximate surface area is 161 Å². The minimum Gasteiger partial charge on any atom is -0.391 e. The highest BCUT2D eigenvalue weighted by Gasteiger charge is 2.23. The summed E-state index contributed by atoms with van der Waals surface area (Å²) in [6, 6.07) is 11.3. The molecule has 2 aromatic carbocycles. The van der Waals surface area contributed by atoms with Gasteiger partial charge >= 0.3 is 0 Å². The van der Waals surface area contributed by atoms with E-state index in [1.807, 2.05) is 0 Å². The van der Waals surface area contributed by atoms with Crippen LogP contribution in [0.1, 0.15) is 36.0 Å². The van der Waals surface area contributed by atoms with Crippen LogP contribution in [0.25, 0.3) is 0 Å². The molecule has 6 nitrogen and oxygen atoms in total. The zero-order chi connectivity index (χ0) is 20.1. The molecule has 28 heavy (non-hydrogen) atoms. The molecule has 1 heterocycles. The Bertz CT molecular complexity index is 832. The van der Waals surface area contributed by atoms with Crippen LogP contribution in [0.3, 0.4) is 0 Å². The zero-order valence-corrected chi connectivity index (χ0v) is 15.4. The van der Waals surface area contributed by atoms with Gasteiger partial charge in [0.1, 0.15) is 0 Å². The molecule has 0 unspecified atom stereocenters. The average Bonchev–Trinajstić information content (AvgIpc) is 2.68. The number of alkyl halides is 2. The predicted molar refractivity (Wildman–Crippen MR) is 102 cm³/mol. The number of halogens is 2. The van der Waals surface area contributed by atoms with Crippen LogP contribution in [0.5, 0.6) is 0 Å². The van der Waals surface area contributed by atoms with Crippen molar-refractivity contribution in [3.05, 3.63) is 69.3 Å². The number of nitrogens with one attached hydrogen (secondary N) is 1. The number of nitro benzene ring substituents is 1. The van der Waals surface area contributed by atoms with E-state index in [1.54, 1.807) is 30.3 Å². The molecular formula is C20H23F2N3O3. The summed E-state index contributed by atoms with van der Waals surface area (Å²) in [6.45, 7) is 1.53. The second-order valence-corrected chi connectivity index (χ2v) is 6.98. The molecule has 1 fully saturated rings. The van der Waals surface area contributed by atoms with Crippen molar-refractivity contribution < 1.29 is 18.8 Å². The van der Waals surface area contributed by atoms with Crippen LogP contribution in [-0.2, 0) is 13.2 Å². The molecule has 1 saturated heterocycles. The minimum absolute atomic E-state index is 0.0621. The van der Waals surface area contributed by atoms with Crippen molar-refractivity contribution in [3.63, 3.8) is 0 Å². The van der Waals surface area contributed by atoms with Gasteiger partial charge in [-0.3, -0.25) is 15.0 Å². The van der Waals surface area contributed by atoms with E-state index in [0.29, 0.717) is 24.3 Å². The van der Waals surface area contributed by atoms with Crippen LogP contribution >= 0.6 is 0 Å². The van der Waals surface area contributed by atoms with Crippen LogP contribution in [-0.4, -0.2) is 34.1 Å². The molecule has 1 atom stereocenters. The van der Waals surface area contributed by atoms with E-state index in [1.165, 1.54) is 12.1 Å². The summed E-state index contributed by atoms with van der Waals surface area (Å²) in [5.41, 5.74) is 1.45. The number of hydrogen-bond acceptors (Lipinski definition) is 5. The third kappa shape index (κ3) is 4.82. The van der Waals surface area contributed by atoms with E-state index in [4.69, 9.17) is 0 Å². The topological polar surface area (TPSA) is 78.6 Å². The Hall–Kier alpha value is -2.58. The van der Waals surface area contributed by atoms with Crippen molar-refractivity contribution in [2.45, 2.75) is 38.5 Å². The number of piperidine rings is 1. The summed E-state index contributed by atoms with van der Waals surface area (Å²) in [5.74, 6) is 0. The second-order valence-electron chi connectivity index (χ2n) is 6.98. The van der Waals surface area contributed by atoms with E-state index < -0.39 is 18.0 Å². The molecule has 0 aliphatic carbocycles. The predicted octanol–water partition coefficient (Wildman–Crippen LogP) is 4.10. The highest BCUT2D eigenvalue weighted by molar-refractivity contribution is 5.55. The van der Waals surface area contributed by atoms with Gasteiger partial charge in [0.25, 0.3) is 12.1 Å². The maximum atomic E-state index is 13.2. The number of likely N-dealkylation sites (tertiary alicyclic amines) is 1. The summed E-state index contributed by atoms with van der Waals surface area (Å²) < 4.78 is 26.4. The van der Waals surface area contributed by atoms with Crippen molar-refractivity contribution in [1.82, 2.24) is 4.90 Å². The lowest BCUT2D eigenvalue weighted by atomic mass is 10.0. The van der Waals surface area contributed by atoms with E-state index >= 15 is 0 Å². The zero-order valence-electron chi connectivity index (χ0n) is 15.4. The third-order valence-corrected chi connectivity index (χ3v) is 5.01. The second kappa shape index (κ2) is 9.07. The number of nitro groups is 1. The fourth-order valence-electron chi connectivity index (χ4n) is 3.64. The summed E-state index contributed by atoms with van der Waals surface area (Å²) in [7, 11) is 0. The fourth-order valence-corrected chi connectivity index (χ4v) is 3.64. The van der Waals surface area contributed by atoms with Gasteiger partial charge in [0.2, 0.25) is 0 Å². The number of rotatable bonds is 7. The van der Waals surface area contributed by atoms with Gasteiger partial charge in [-0.1, -0.05) is 24.3 Å². The molecule has 2 aromatic rings. The van der Waals surface area contributed by atoms with Crippen LogP contribution in [0.15, 0.2) is 42.5 Å². The third-order valence-electron chi connectivity index (χ3n) is 5.01. The lowest BCUT2D eigenvalue weighted by Crippen LogP contribution is -2.41. The maximum absolute atomic E-state index is 13.2. The van der Waals surface area contributed by atoms with E-state index in [9.17, 15) is 24.0 Å². The van der Waals surface area contributed by atoms with Gasteiger partial charge in [-0.2, -0.15) is 0 Å². The minimum atomic E-state index is -2.50. The highest BCUT2D eigenvalue weighted by atomic mass is 19.3. The number of aliphatic hydroxyl groups excluding tert-OH is 1.